The molecule has 0 bridgehead atoms. The van der Waals surface area contributed by atoms with Crippen molar-refractivity contribution < 1.29 is 0 Å². The summed E-state index contributed by atoms with van der Waals surface area (Å²) in [5.41, 5.74) is 1.31. The van der Waals surface area contributed by atoms with Gasteiger partial charge in [0.25, 0.3) is 0 Å². The van der Waals surface area contributed by atoms with E-state index in [4.69, 9.17) is 0 Å². The highest BCUT2D eigenvalue weighted by Crippen LogP contribution is 2.49. The van der Waals surface area contributed by atoms with Crippen LogP contribution in [0.4, 0.5) is 0 Å². The number of likely N-dealkylation sites (tertiary alicyclic amines) is 1. The van der Waals surface area contributed by atoms with E-state index in [1.165, 1.54) is 71.5 Å². The molecule has 2 aliphatic heterocycles. The van der Waals surface area contributed by atoms with Crippen LogP contribution in [-0.2, 0) is 5.54 Å². The summed E-state index contributed by atoms with van der Waals surface area (Å²) in [6.45, 7) is 10.7. The largest absolute Gasteiger partial charge is 0.306 e. The summed E-state index contributed by atoms with van der Waals surface area (Å²) in [5.74, 6) is 1.96. The number of rotatable bonds is 4. The van der Waals surface area contributed by atoms with Crippen LogP contribution in [0.5, 0.6) is 0 Å². The Labute approximate surface area is 146 Å². The molecule has 4 rings (SSSR count). The van der Waals surface area contributed by atoms with E-state index in [9.17, 15) is 0 Å². The van der Waals surface area contributed by atoms with Gasteiger partial charge >= 0.3 is 0 Å². The molecule has 1 aromatic heterocycles. The maximum Gasteiger partial charge on any atom is 0.148 e. The Bertz CT molecular complexity index is 537. The predicted octanol–water partition coefficient (Wildman–Crippen LogP) is 1.73. The van der Waals surface area contributed by atoms with Gasteiger partial charge in [-0.3, -0.25) is 4.90 Å². The quantitative estimate of drug-likeness (QED) is 0.841. The third-order valence-electron chi connectivity index (χ3n) is 6.25. The second kappa shape index (κ2) is 6.70. The molecule has 1 aliphatic carbocycles. The molecule has 0 aromatic carbocycles. The van der Waals surface area contributed by atoms with Crippen molar-refractivity contribution >= 4 is 0 Å². The number of piperazine rings is 1. The van der Waals surface area contributed by atoms with E-state index in [2.05, 4.69) is 38.6 Å². The molecule has 1 aromatic rings. The van der Waals surface area contributed by atoms with Crippen molar-refractivity contribution in [1.82, 2.24) is 24.7 Å². The lowest BCUT2D eigenvalue weighted by Gasteiger charge is -2.41. The van der Waals surface area contributed by atoms with Crippen molar-refractivity contribution in [3.8, 4) is 0 Å². The SMILES string of the molecule is Cc1cnc(C2(N3CCN(CC4CCN(C)CC4)CC3)CC2)nc1. The second-order valence-electron chi connectivity index (χ2n) is 8.15. The van der Waals surface area contributed by atoms with E-state index in [0.29, 0.717) is 0 Å². The summed E-state index contributed by atoms with van der Waals surface area (Å²) in [7, 11) is 2.25. The molecule has 3 heterocycles. The van der Waals surface area contributed by atoms with Crippen LogP contribution in [0.3, 0.4) is 0 Å². The maximum absolute atomic E-state index is 4.64. The first-order chi connectivity index (χ1) is 11.7. The molecular formula is C19H31N5. The van der Waals surface area contributed by atoms with Gasteiger partial charge in [0.1, 0.15) is 5.82 Å². The van der Waals surface area contributed by atoms with Crippen molar-refractivity contribution in [1.29, 1.82) is 0 Å². The van der Waals surface area contributed by atoms with E-state index in [1.807, 2.05) is 12.4 Å². The first-order valence-corrected chi connectivity index (χ1v) is 9.61. The molecule has 0 radical (unpaired) electrons. The monoisotopic (exact) mass is 329 g/mol. The van der Waals surface area contributed by atoms with Crippen LogP contribution in [0.15, 0.2) is 12.4 Å². The predicted molar refractivity (Wildman–Crippen MR) is 95.9 cm³/mol. The average Bonchev–Trinajstić information content (AvgIpc) is 3.40. The number of piperidine rings is 1. The molecule has 24 heavy (non-hydrogen) atoms. The minimum atomic E-state index is 0.160. The molecule has 132 valence electrons. The van der Waals surface area contributed by atoms with Gasteiger partial charge in [0.15, 0.2) is 0 Å². The van der Waals surface area contributed by atoms with Crippen LogP contribution < -0.4 is 0 Å². The number of hydrogen-bond acceptors (Lipinski definition) is 5. The second-order valence-corrected chi connectivity index (χ2v) is 8.15. The zero-order chi connectivity index (χ0) is 16.6. The number of aromatic nitrogens is 2. The van der Waals surface area contributed by atoms with E-state index >= 15 is 0 Å². The van der Waals surface area contributed by atoms with Crippen molar-refractivity contribution in [3.05, 3.63) is 23.8 Å². The summed E-state index contributed by atoms with van der Waals surface area (Å²) >= 11 is 0. The zero-order valence-electron chi connectivity index (χ0n) is 15.2. The fraction of sp³-hybridized carbons (Fsp3) is 0.789. The van der Waals surface area contributed by atoms with E-state index in [1.54, 1.807) is 0 Å². The van der Waals surface area contributed by atoms with Crippen LogP contribution in [0.25, 0.3) is 0 Å². The minimum absolute atomic E-state index is 0.160. The Kier molecular flexibility index (Phi) is 4.58. The molecule has 0 amide bonds. The summed E-state index contributed by atoms with van der Waals surface area (Å²) in [5, 5.41) is 0. The molecular weight excluding hydrogens is 298 g/mol. The van der Waals surface area contributed by atoms with E-state index < -0.39 is 0 Å². The number of aryl methyl sites for hydroxylation is 1. The van der Waals surface area contributed by atoms with E-state index in [0.717, 1.165) is 17.3 Å². The highest BCUT2D eigenvalue weighted by atomic mass is 15.3. The van der Waals surface area contributed by atoms with Crippen molar-refractivity contribution in [2.75, 3.05) is 52.9 Å². The van der Waals surface area contributed by atoms with Crippen LogP contribution >= 0.6 is 0 Å². The maximum atomic E-state index is 4.64. The highest BCUT2D eigenvalue weighted by Gasteiger charge is 2.52. The summed E-state index contributed by atoms with van der Waals surface area (Å²) in [4.78, 5) is 17.1. The Morgan fingerprint density at radius 1 is 1.00 bits per heavy atom. The van der Waals surface area contributed by atoms with Crippen LogP contribution in [-0.4, -0.2) is 77.5 Å². The van der Waals surface area contributed by atoms with Crippen LogP contribution in [0.1, 0.15) is 37.1 Å². The molecule has 0 spiro atoms. The first-order valence-electron chi connectivity index (χ1n) is 9.61. The summed E-state index contributed by atoms with van der Waals surface area (Å²) in [6.07, 6.45) is 9.14. The third-order valence-corrected chi connectivity index (χ3v) is 6.25. The summed E-state index contributed by atoms with van der Waals surface area (Å²) < 4.78 is 0. The van der Waals surface area contributed by atoms with Gasteiger partial charge < -0.3 is 9.80 Å². The molecule has 3 fully saturated rings. The van der Waals surface area contributed by atoms with Gasteiger partial charge in [-0.2, -0.15) is 0 Å². The Morgan fingerprint density at radius 2 is 1.62 bits per heavy atom. The fourth-order valence-corrected chi connectivity index (χ4v) is 4.40. The molecule has 0 unspecified atom stereocenters. The Hall–Kier alpha value is -1.04. The van der Waals surface area contributed by atoms with Crippen LogP contribution in [0.2, 0.25) is 0 Å². The van der Waals surface area contributed by atoms with E-state index in [-0.39, 0.29) is 5.54 Å². The first kappa shape index (κ1) is 16.4. The van der Waals surface area contributed by atoms with Gasteiger partial charge in [-0.25, -0.2) is 9.97 Å². The Balaban J connectivity index is 1.31. The fourth-order valence-electron chi connectivity index (χ4n) is 4.40. The zero-order valence-corrected chi connectivity index (χ0v) is 15.2. The minimum Gasteiger partial charge on any atom is -0.306 e. The molecule has 3 aliphatic rings. The normalized spacial score (nSPS) is 26.6. The van der Waals surface area contributed by atoms with Crippen molar-refractivity contribution in [3.63, 3.8) is 0 Å². The lowest BCUT2D eigenvalue weighted by molar-refractivity contribution is 0.0629. The van der Waals surface area contributed by atoms with Gasteiger partial charge in [-0.1, -0.05) is 0 Å². The Morgan fingerprint density at radius 3 is 2.21 bits per heavy atom. The van der Waals surface area contributed by atoms with Gasteiger partial charge in [-0.15, -0.1) is 0 Å². The molecule has 5 heteroatoms. The number of hydrogen-bond donors (Lipinski definition) is 0. The van der Waals surface area contributed by atoms with Crippen molar-refractivity contribution in [2.45, 2.75) is 38.1 Å². The standard InChI is InChI=1S/C19H31N5/c1-16-13-20-18(21-14-16)19(5-6-19)24-11-9-23(10-12-24)15-17-3-7-22(2)8-4-17/h13-14,17H,3-12,15H2,1-2H3. The van der Waals surface area contributed by atoms with Crippen LogP contribution in [0, 0.1) is 12.8 Å². The van der Waals surface area contributed by atoms with Gasteiger partial charge in [0.05, 0.1) is 5.54 Å². The lowest BCUT2D eigenvalue weighted by atomic mass is 9.96. The van der Waals surface area contributed by atoms with Gasteiger partial charge in [0, 0.05) is 45.1 Å². The average molecular weight is 329 g/mol. The molecule has 1 saturated carbocycles. The summed E-state index contributed by atoms with van der Waals surface area (Å²) in [6, 6.07) is 0. The van der Waals surface area contributed by atoms with Crippen molar-refractivity contribution in [2.24, 2.45) is 5.92 Å². The topological polar surface area (TPSA) is 35.5 Å². The lowest BCUT2D eigenvalue weighted by Crippen LogP contribution is -2.52. The van der Waals surface area contributed by atoms with Gasteiger partial charge in [0.2, 0.25) is 0 Å². The number of nitrogens with zero attached hydrogens (tertiary/aromatic N) is 5. The highest BCUT2D eigenvalue weighted by molar-refractivity contribution is 5.18. The van der Waals surface area contributed by atoms with Gasteiger partial charge in [-0.05, 0) is 64.2 Å². The molecule has 0 atom stereocenters. The third kappa shape index (κ3) is 3.35. The molecule has 2 saturated heterocycles. The molecule has 0 N–H and O–H groups in total. The molecule has 5 nitrogen and oxygen atoms in total. The smallest absolute Gasteiger partial charge is 0.148 e.